The van der Waals surface area contributed by atoms with Crippen LogP contribution in [0, 0.1) is 5.92 Å². The molecule has 2 amide bonds. The Morgan fingerprint density at radius 1 is 0.897 bits per heavy atom. The van der Waals surface area contributed by atoms with Gasteiger partial charge in [0.1, 0.15) is 11.8 Å². The van der Waals surface area contributed by atoms with Crippen LogP contribution in [-0.2, 0) is 28.0 Å². The van der Waals surface area contributed by atoms with E-state index in [0.29, 0.717) is 34.3 Å². The van der Waals surface area contributed by atoms with Gasteiger partial charge in [0.25, 0.3) is 5.91 Å². The summed E-state index contributed by atoms with van der Waals surface area (Å²) in [7, 11) is 0. The van der Waals surface area contributed by atoms with Gasteiger partial charge >= 0.3 is 0 Å². The topological polar surface area (TPSA) is 58.6 Å². The van der Waals surface area contributed by atoms with Crippen LogP contribution in [0.1, 0.15) is 51.3 Å². The summed E-state index contributed by atoms with van der Waals surface area (Å²) < 4.78 is 5.90. The third-order valence-corrected chi connectivity index (χ3v) is 7.14. The summed E-state index contributed by atoms with van der Waals surface area (Å²) in [6.07, 6.45) is 0.332. The predicted octanol–water partition coefficient (Wildman–Crippen LogP) is 7.08. The first-order valence-electron chi connectivity index (χ1n) is 13.2. The molecule has 0 aliphatic rings. The van der Waals surface area contributed by atoms with Crippen LogP contribution in [0.25, 0.3) is 0 Å². The monoisotopic (exact) mass is 568 g/mol. The molecule has 0 saturated carbocycles. The highest BCUT2D eigenvalue weighted by molar-refractivity contribution is 6.36. The number of halogens is 2. The second kappa shape index (κ2) is 13.9. The number of rotatable bonds is 11. The quantitative estimate of drug-likeness (QED) is 0.269. The van der Waals surface area contributed by atoms with Crippen LogP contribution < -0.4 is 10.1 Å². The molecular weight excluding hydrogens is 531 g/mol. The largest absolute Gasteiger partial charge is 0.484 e. The van der Waals surface area contributed by atoms with Gasteiger partial charge in [0.05, 0.1) is 0 Å². The second-order valence-electron chi connectivity index (χ2n) is 11.1. The SMILES string of the molecule is CC(C)CNC(=O)[C@H](Cc1ccccc1)N(Cc1c(Cl)cccc1Cl)C(=O)COc1ccc(C(C)(C)C)cc1. The van der Waals surface area contributed by atoms with E-state index in [2.05, 4.69) is 26.1 Å². The summed E-state index contributed by atoms with van der Waals surface area (Å²) in [6.45, 7) is 10.8. The predicted molar refractivity (Wildman–Crippen MR) is 159 cm³/mol. The molecule has 0 saturated heterocycles. The number of nitrogens with zero attached hydrogens (tertiary/aromatic N) is 1. The van der Waals surface area contributed by atoms with Crippen molar-refractivity contribution in [3.05, 3.63) is 99.5 Å². The third kappa shape index (κ3) is 9.01. The number of carbonyl (C=O) groups excluding carboxylic acids is 2. The summed E-state index contributed by atoms with van der Waals surface area (Å²) in [6, 6.07) is 21.8. The second-order valence-corrected chi connectivity index (χ2v) is 11.9. The van der Waals surface area contributed by atoms with Crippen LogP contribution in [-0.4, -0.2) is 35.9 Å². The number of benzene rings is 3. The number of hydrogen-bond acceptors (Lipinski definition) is 3. The number of carbonyl (C=O) groups is 2. The van der Waals surface area contributed by atoms with E-state index >= 15 is 0 Å². The normalized spacial score (nSPS) is 12.2. The van der Waals surface area contributed by atoms with E-state index < -0.39 is 6.04 Å². The average Bonchev–Trinajstić information content (AvgIpc) is 2.89. The van der Waals surface area contributed by atoms with Crippen molar-refractivity contribution >= 4 is 35.0 Å². The molecule has 0 fully saturated rings. The van der Waals surface area contributed by atoms with Crippen LogP contribution in [0.2, 0.25) is 10.0 Å². The molecule has 0 unspecified atom stereocenters. The molecule has 3 aromatic carbocycles. The fourth-order valence-corrected chi connectivity index (χ4v) is 4.63. The summed E-state index contributed by atoms with van der Waals surface area (Å²) in [5, 5.41) is 3.87. The first-order valence-corrected chi connectivity index (χ1v) is 14.0. The van der Waals surface area contributed by atoms with E-state index in [1.54, 1.807) is 18.2 Å². The Morgan fingerprint density at radius 2 is 1.51 bits per heavy atom. The Bertz CT molecular complexity index is 1220. The number of ether oxygens (including phenoxy) is 1. The zero-order chi connectivity index (χ0) is 28.6. The first-order chi connectivity index (χ1) is 18.5. The van der Waals surface area contributed by atoms with Crippen molar-refractivity contribution in [3.63, 3.8) is 0 Å². The molecule has 39 heavy (non-hydrogen) atoms. The molecule has 0 radical (unpaired) electrons. The van der Waals surface area contributed by atoms with Gasteiger partial charge in [0.2, 0.25) is 5.91 Å². The Kier molecular flexibility index (Phi) is 10.8. The van der Waals surface area contributed by atoms with E-state index in [9.17, 15) is 9.59 Å². The van der Waals surface area contributed by atoms with Crippen LogP contribution in [0.4, 0.5) is 0 Å². The fourth-order valence-electron chi connectivity index (χ4n) is 4.11. The maximum absolute atomic E-state index is 13.8. The molecule has 3 rings (SSSR count). The van der Waals surface area contributed by atoms with E-state index in [4.69, 9.17) is 27.9 Å². The molecule has 3 aromatic rings. The standard InChI is InChI=1S/C32H38Cl2N2O3/c1-22(2)19-35-31(38)29(18-23-10-7-6-8-11-23)36(20-26-27(33)12-9-13-28(26)34)30(37)21-39-25-16-14-24(15-17-25)32(3,4)5/h6-17,22,29H,18-21H2,1-5H3,(H,35,38)/t29-/m0/s1. The lowest BCUT2D eigenvalue weighted by Crippen LogP contribution is -2.52. The van der Waals surface area contributed by atoms with Gasteiger partial charge in [-0.3, -0.25) is 9.59 Å². The third-order valence-electron chi connectivity index (χ3n) is 6.43. The van der Waals surface area contributed by atoms with Crippen LogP contribution in [0.5, 0.6) is 5.75 Å². The van der Waals surface area contributed by atoms with E-state index in [0.717, 1.165) is 5.56 Å². The zero-order valence-electron chi connectivity index (χ0n) is 23.3. The van der Waals surface area contributed by atoms with E-state index in [-0.39, 0.29) is 36.3 Å². The lowest BCUT2D eigenvalue weighted by Gasteiger charge is -2.32. The van der Waals surface area contributed by atoms with Gasteiger partial charge < -0.3 is 15.0 Å². The van der Waals surface area contributed by atoms with Gasteiger partial charge in [0.15, 0.2) is 6.61 Å². The van der Waals surface area contributed by atoms with Gasteiger partial charge in [-0.25, -0.2) is 0 Å². The van der Waals surface area contributed by atoms with Crippen molar-refractivity contribution in [2.24, 2.45) is 5.92 Å². The molecule has 0 spiro atoms. The van der Waals surface area contributed by atoms with Crippen molar-refractivity contribution in [1.29, 1.82) is 0 Å². The molecule has 0 bridgehead atoms. The van der Waals surface area contributed by atoms with Crippen LogP contribution >= 0.6 is 23.2 Å². The summed E-state index contributed by atoms with van der Waals surface area (Å²) in [4.78, 5) is 28.9. The molecule has 7 heteroatoms. The number of hydrogen-bond donors (Lipinski definition) is 1. The van der Waals surface area contributed by atoms with E-state index in [1.807, 2.05) is 68.4 Å². The molecule has 0 heterocycles. The lowest BCUT2D eigenvalue weighted by molar-refractivity contribution is -0.142. The molecule has 0 aliphatic heterocycles. The van der Waals surface area contributed by atoms with E-state index in [1.165, 1.54) is 10.5 Å². The molecule has 0 aliphatic carbocycles. The highest BCUT2D eigenvalue weighted by Gasteiger charge is 2.31. The average molecular weight is 570 g/mol. The fraction of sp³-hybridized carbons (Fsp3) is 0.375. The van der Waals surface area contributed by atoms with Gasteiger partial charge in [-0.1, -0.05) is 106 Å². The minimum atomic E-state index is -0.794. The van der Waals surface area contributed by atoms with Crippen molar-refractivity contribution in [2.75, 3.05) is 13.2 Å². The summed E-state index contributed by atoms with van der Waals surface area (Å²) in [5.41, 5.74) is 2.69. The van der Waals surface area contributed by atoms with Crippen LogP contribution in [0.15, 0.2) is 72.8 Å². The molecular formula is C32H38Cl2N2O3. The zero-order valence-corrected chi connectivity index (χ0v) is 24.9. The van der Waals surface area contributed by atoms with Crippen molar-refractivity contribution in [3.8, 4) is 5.75 Å². The van der Waals surface area contributed by atoms with Crippen molar-refractivity contribution in [2.45, 2.75) is 59.0 Å². The maximum atomic E-state index is 13.8. The number of nitrogens with one attached hydrogen (secondary N) is 1. The first kappa shape index (κ1) is 30.5. The Balaban J connectivity index is 1.92. The number of amides is 2. The lowest BCUT2D eigenvalue weighted by atomic mass is 9.87. The minimum Gasteiger partial charge on any atom is -0.484 e. The Hall–Kier alpha value is -3.02. The highest BCUT2D eigenvalue weighted by atomic mass is 35.5. The molecule has 0 aromatic heterocycles. The van der Waals surface area contributed by atoms with Crippen molar-refractivity contribution in [1.82, 2.24) is 10.2 Å². The molecule has 1 N–H and O–H groups in total. The summed E-state index contributed by atoms with van der Waals surface area (Å²) in [5.74, 6) is 0.258. The van der Waals surface area contributed by atoms with Gasteiger partial charge in [0, 0.05) is 35.1 Å². The maximum Gasteiger partial charge on any atom is 0.261 e. The highest BCUT2D eigenvalue weighted by Crippen LogP contribution is 2.28. The minimum absolute atomic E-state index is 0.00732. The van der Waals surface area contributed by atoms with Crippen LogP contribution in [0.3, 0.4) is 0 Å². The molecule has 1 atom stereocenters. The Morgan fingerprint density at radius 3 is 2.08 bits per heavy atom. The van der Waals surface area contributed by atoms with Gasteiger partial charge in [-0.05, 0) is 46.7 Å². The molecule has 208 valence electrons. The smallest absolute Gasteiger partial charge is 0.261 e. The van der Waals surface area contributed by atoms with Gasteiger partial charge in [-0.2, -0.15) is 0 Å². The summed E-state index contributed by atoms with van der Waals surface area (Å²) >= 11 is 13.0. The van der Waals surface area contributed by atoms with Gasteiger partial charge in [-0.15, -0.1) is 0 Å². The van der Waals surface area contributed by atoms with Crippen molar-refractivity contribution < 1.29 is 14.3 Å². The Labute approximate surface area is 242 Å². The molecule has 5 nitrogen and oxygen atoms in total.